The number of amides is 1. The SMILES string of the molecule is CN1CCN(S(=O)(=O)c2cccc(NC(=O)CCSc3ccccc3Br)c2)CC1. The third-order valence-corrected chi connectivity index (χ3v) is 8.56. The van der Waals surface area contributed by atoms with E-state index in [0.29, 0.717) is 44.0 Å². The third kappa shape index (κ3) is 6.05. The van der Waals surface area contributed by atoms with Crippen LogP contribution in [0.5, 0.6) is 0 Å². The molecule has 0 unspecified atom stereocenters. The second-order valence-corrected chi connectivity index (χ2v) is 10.7. The third-order valence-electron chi connectivity index (χ3n) is 4.64. The number of anilines is 1. The highest BCUT2D eigenvalue weighted by Crippen LogP contribution is 2.27. The second-order valence-electron chi connectivity index (χ2n) is 6.81. The molecule has 0 atom stereocenters. The van der Waals surface area contributed by atoms with Gasteiger partial charge < -0.3 is 10.2 Å². The summed E-state index contributed by atoms with van der Waals surface area (Å²) in [6.07, 6.45) is 0.335. The van der Waals surface area contributed by atoms with Gasteiger partial charge in [0.2, 0.25) is 15.9 Å². The molecular weight excluding hydrogens is 474 g/mol. The van der Waals surface area contributed by atoms with E-state index in [1.807, 2.05) is 31.3 Å². The number of sulfonamides is 1. The molecule has 1 amide bonds. The van der Waals surface area contributed by atoms with Crippen molar-refractivity contribution in [1.29, 1.82) is 0 Å². The van der Waals surface area contributed by atoms with Gasteiger partial charge in [-0.2, -0.15) is 4.31 Å². The van der Waals surface area contributed by atoms with E-state index in [4.69, 9.17) is 0 Å². The Hall–Kier alpha value is -1.39. The Morgan fingerprint density at radius 2 is 1.83 bits per heavy atom. The molecule has 2 aromatic carbocycles. The van der Waals surface area contributed by atoms with E-state index in [2.05, 4.69) is 26.1 Å². The van der Waals surface area contributed by atoms with E-state index in [9.17, 15) is 13.2 Å². The van der Waals surface area contributed by atoms with E-state index in [1.165, 1.54) is 10.4 Å². The zero-order chi connectivity index (χ0) is 20.9. The number of nitrogens with one attached hydrogen (secondary N) is 1. The van der Waals surface area contributed by atoms with Gasteiger partial charge in [-0.05, 0) is 53.3 Å². The maximum atomic E-state index is 12.9. The number of hydrogen-bond donors (Lipinski definition) is 1. The fourth-order valence-electron chi connectivity index (χ4n) is 2.95. The van der Waals surface area contributed by atoms with Crippen molar-refractivity contribution in [2.24, 2.45) is 0 Å². The van der Waals surface area contributed by atoms with E-state index < -0.39 is 10.0 Å². The summed E-state index contributed by atoms with van der Waals surface area (Å²) in [4.78, 5) is 15.7. The molecule has 156 valence electrons. The molecule has 1 aliphatic heterocycles. The molecule has 29 heavy (non-hydrogen) atoms. The van der Waals surface area contributed by atoms with Crippen molar-refractivity contribution >= 4 is 49.3 Å². The van der Waals surface area contributed by atoms with Crippen LogP contribution in [0.1, 0.15) is 6.42 Å². The number of thioether (sulfide) groups is 1. The first-order valence-electron chi connectivity index (χ1n) is 9.32. The smallest absolute Gasteiger partial charge is 0.243 e. The van der Waals surface area contributed by atoms with Crippen LogP contribution < -0.4 is 5.32 Å². The molecule has 6 nitrogen and oxygen atoms in total. The van der Waals surface area contributed by atoms with Crippen molar-refractivity contribution in [3.05, 3.63) is 53.0 Å². The number of hydrogen-bond acceptors (Lipinski definition) is 5. The normalized spacial score (nSPS) is 15.9. The van der Waals surface area contributed by atoms with Gasteiger partial charge in [0.25, 0.3) is 0 Å². The summed E-state index contributed by atoms with van der Waals surface area (Å²) in [5.74, 6) is 0.493. The van der Waals surface area contributed by atoms with Gasteiger partial charge in [0, 0.05) is 53.4 Å². The lowest BCUT2D eigenvalue weighted by molar-refractivity contribution is -0.115. The Bertz CT molecular complexity index is 961. The minimum atomic E-state index is -3.56. The van der Waals surface area contributed by atoms with Gasteiger partial charge >= 0.3 is 0 Å². The number of nitrogens with zero attached hydrogens (tertiary/aromatic N) is 2. The molecule has 1 saturated heterocycles. The number of likely N-dealkylation sites (N-methyl/N-ethyl adjacent to an activating group) is 1. The van der Waals surface area contributed by atoms with Crippen molar-refractivity contribution in [1.82, 2.24) is 9.21 Å². The highest BCUT2D eigenvalue weighted by atomic mass is 79.9. The van der Waals surface area contributed by atoms with Crippen molar-refractivity contribution in [3.8, 4) is 0 Å². The Morgan fingerprint density at radius 1 is 1.10 bits per heavy atom. The number of piperazine rings is 1. The summed E-state index contributed by atoms with van der Waals surface area (Å²) in [6.45, 7) is 2.37. The van der Waals surface area contributed by atoms with E-state index in [-0.39, 0.29) is 10.8 Å². The lowest BCUT2D eigenvalue weighted by atomic mass is 10.3. The molecule has 1 N–H and O–H groups in total. The predicted octanol–water partition coefficient (Wildman–Crippen LogP) is 3.51. The molecule has 0 spiro atoms. The molecule has 0 saturated carbocycles. The molecule has 3 rings (SSSR count). The molecule has 0 bridgehead atoms. The summed E-state index contributed by atoms with van der Waals surface area (Å²) < 4.78 is 28.3. The van der Waals surface area contributed by atoms with Crippen molar-refractivity contribution in [2.75, 3.05) is 44.3 Å². The largest absolute Gasteiger partial charge is 0.326 e. The molecule has 1 heterocycles. The highest BCUT2D eigenvalue weighted by Gasteiger charge is 2.27. The number of carbonyl (C=O) groups is 1. The van der Waals surface area contributed by atoms with Gasteiger partial charge in [-0.15, -0.1) is 11.8 Å². The summed E-state index contributed by atoms with van der Waals surface area (Å²) in [7, 11) is -1.57. The van der Waals surface area contributed by atoms with Crippen LogP contribution >= 0.6 is 27.7 Å². The lowest BCUT2D eigenvalue weighted by Gasteiger charge is -2.31. The summed E-state index contributed by atoms with van der Waals surface area (Å²) in [5, 5.41) is 2.81. The van der Waals surface area contributed by atoms with E-state index in [0.717, 1.165) is 9.37 Å². The molecule has 0 radical (unpaired) electrons. The number of rotatable bonds is 7. The summed E-state index contributed by atoms with van der Waals surface area (Å²) >= 11 is 5.09. The first-order valence-corrected chi connectivity index (χ1v) is 12.5. The van der Waals surface area contributed by atoms with Gasteiger partial charge in [-0.1, -0.05) is 18.2 Å². The zero-order valence-corrected chi connectivity index (χ0v) is 19.4. The van der Waals surface area contributed by atoms with Crippen molar-refractivity contribution in [2.45, 2.75) is 16.2 Å². The highest BCUT2D eigenvalue weighted by molar-refractivity contribution is 9.10. The van der Waals surface area contributed by atoms with Crippen LogP contribution in [-0.2, 0) is 14.8 Å². The summed E-state index contributed by atoms with van der Waals surface area (Å²) in [6, 6.07) is 14.4. The van der Waals surface area contributed by atoms with Gasteiger partial charge in [-0.25, -0.2) is 8.42 Å². The average Bonchev–Trinajstić information content (AvgIpc) is 2.70. The molecule has 9 heteroatoms. The van der Waals surface area contributed by atoms with Crippen molar-refractivity contribution in [3.63, 3.8) is 0 Å². The van der Waals surface area contributed by atoms with Crippen LogP contribution in [0, 0.1) is 0 Å². The van der Waals surface area contributed by atoms with Crippen LogP contribution in [0.25, 0.3) is 0 Å². The minimum absolute atomic E-state index is 0.140. The molecule has 0 aliphatic carbocycles. The zero-order valence-electron chi connectivity index (χ0n) is 16.2. The van der Waals surface area contributed by atoms with Gasteiger partial charge in [0.05, 0.1) is 4.90 Å². The van der Waals surface area contributed by atoms with Crippen LogP contribution in [0.15, 0.2) is 62.8 Å². The quantitative estimate of drug-likeness (QED) is 0.592. The number of benzene rings is 2. The predicted molar refractivity (Wildman–Crippen MR) is 121 cm³/mol. The van der Waals surface area contributed by atoms with Crippen LogP contribution in [0.2, 0.25) is 0 Å². The van der Waals surface area contributed by atoms with Crippen LogP contribution in [-0.4, -0.2) is 62.5 Å². The van der Waals surface area contributed by atoms with E-state index >= 15 is 0 Å². The maximum Gasteiger partial charge on any atom is 0.243 e. The van der Waals surface area contributed by atoms with Crippen molar-refractivity contribution < 1.29 is 13.2 Å². The molecule has 1 fully saturated rings. The number of halogens is 1. The molecule has 2 aromatic rings. The minimum Gasteiger partial charge on any atom is -0.326 e. The van der Waals surface area contributed by atoms with Gasteiger partial charge in [0.1, 0.15) is 0 Å². The standard InChI is InChI=1S/C20H24BrN3O3S2/c1-23-10-12-24(13-11-23)29(26,27)17-6-4-5-16(15-17)22-20(25)9-14-28-19-8-3-2-7-18(19)21/h2-8,15H,9-14H2,1H3,(H,22,25). The lowest BCUT2D eigenvalue weighted by Crippen LogP contribution is -2.47. The fraction of sp³-hybridized carbons (Fsp3) is 0.350. The Labute approximate surface area is 184 Å². The van der Waals surface area contributed by atoms with Crippen LogP contribution in [0.4, 0.5) is 5.69 Å². The maximum absolute atomic E-state index is 12.9. The van der Waals surface area contributed by atoms with E-state index in [1.54, 1.807) is 30.0 Å². The topological polar surface area (TPSA) is 69.7 Å². The summed E-state index contributed by atoms with van der Waals surface area (Å²) in [5.41, 5.74) is 0.496. The van der Waals surface area contributed by atoms with Gasteiger partial charge in [-0.3, -0.25) is 4.79 Å². The first kappa shape index (κ1) is 22.3. The Morgan fingerprint density at radius 3 is 2.55 bits per heavy atom. The van der Waals surface area contributed by atoms with Gasteiger partial charge in [0.15, 0.2) is 0 Å². The molecule has 1 aliphatic rings. The van der Waals surface area contributed by atoms with Crippen LogP contribution in [0.3, 0.4) is 0 Å². The first-order chi connectivity index (χ1) is 13.9. The monoisotopic (exact) mass is 497 g/mol. The second kappa shape index (κ2) is 10.1. The molecular formula is C20H24BrN3O3S2. The Kier molecular flexibility index (Phi) is 7.75. The average molecular weight is 498 g/mol. The number of carbonyl (C=O) groups excluding carboxylic acids is 1. The molecule has 0 aromatic heterocycles. The fourth-order valence-corrected chi connectivity index (χ4v) is 5.94. The Balaban J connectivity index is 1.58.